The highest BCUT2D eigenvalue weighted by Gasteiger charge is 2.18. The highest BCUT2D eigenvalue weighted by molar-refractivity contribution is 5.92. The van der Waals surface area contributed by atoms with Crippen molar-refractivity contribution in [1.82, 2.24) is 14.7 Å². The van der Waals surface area contributed by atoms with Gasteiger partial charge in [0.05, 0.1) is 0 Å². The van der Waals surface area contributed by atoms with E-state index in [0.29, 0.717) is 25.3 Å². The summed E-state index contributed by atoms with van der Waals surface area (Å²) >= 11 is 0. The molecule has 2 aromatic rings. The third kappa shape index (κ3) is 4.18. The first-order valence-electron chi connectivity index (χ1n) is 7.70. The Labute approximate surface area is 131 Å². The van der Waals surface area contributed by atoms with Crippen molar-refractivity contribution in [3.05, 3.63) is 53.9 Å². The summed E-state index contributed by atoms with van der Waals surface area (Å²) < 4.78 is 1.80. The monoisotopic (exact) mass is 300 g/mol. The predicted molar refractivity (Wildman–Crippen MR) is 87.7 cm³/mol. The SMILES string of the molecule is CC(C)n1ccc(C(=O)N(CCN)CCc2ccccc2)n1. The van der Waals surface area contributed by atoms with Crippen LogP contribution < -0.4 is 5.73 Å². The van der Waals surface area contributed by atoms with E-state index in [4.69, 9.17) is 5.73 Å². The van der Waals surface area contributed by atoms with E-state index in [1.165, 1.54) is 5.56 Å². The molecule has 1 amide bonds. The van der Waals surface area contributed by atoms with E-state index in [1.54, 1.807) is 15.6 Å². The Morgan fingerprint density at radius 2 is 1.95 bits per heavy atom. The lowest BCUT2D eigenvalue weighted by Gasteiger charge is -2.21. The van der Waals surface area contributed by atoms with Gasteiger partial charge in [0.2, 0.25) is 0 Å². The van der Waals surface area contributed by atoms with Gasteiger partial charge < -0.3 is 10.6 Å². The second-order valence-corrected chi connectivity index (χ2v) is 5.59. The smallest absolute Gasteiger partial charge is 0.274 e. The molecule has 118 valence electrons. The molecule has 0 saturated carbocycles. The molecule has 0 radical (unpaired) electrons. The number of hydrogen-bond donors (Lipinski definition) is 1. The summed E-state index contributed by atoms with van der Waals surface area (Å²) in [5.41, 5.74) is 7.34. The van der Waals surface area contributed by atoms with Crippen LogP contribution in [0.25, 0.3) is 0 Å². The molecule has 0 aliphatic heterocycles. The number of carbonyl (C=O) groups is 1. The lowest BCUT2D eigenvalue weighted by atomic mass is 10.1. The largest absolute Gasteiger partial charge is 0.336 e. The second kappa shape index (κ2) is 7.75. The average molecular weight is 300 g/mol. The maximum Gasteiger partial charge on any atom is 0.274 e. The van der Waals surface area contributed by atoms with Gasteiger partial charge >= 0.3 is 0 Å². The normalized spacial score (nSPS) is 10.9. The standard InChI is InChI=1S/C17H24N4O/c1-14(2)21-12-9-16(19-21)17(22)20(13-10-18)11-8-15-6-4-3-5-7-15/h3-7,9,12,14H,8,10-11,13,18H2,1-2H3. The van der Waals surface area contributed by atoms with E-state index in [0.717, 1.165) is 6.42 Å². The van der Waals surface area contributed by atoms with Gasteiger partial charge in [0.25, 0.3) is 5.91 Å². The number of nitrogens with zero attached hydrogens (tertiary/aromatic N) is 3. The van der Waals surface area contributed by atoms with Crippen molar-refractivity contribution in [2.45, 2.75) is 26.3 Å². The fraction of sp³-hybridized carbons (Fsp3) is 0.412. The minimum absolute atomic E-state index is 0.0548. The molecule has 0 aliphatic carbocycles. The zero-order valence-corrected chi connectivity index (χ0v) is 13.3. The average Bonchev–Trinajstić information content (AvgIpc) is 3.02. The predicted octanol–water partition coefficient (Wildman–Crippen LogP) is 2.11. The Balaban J connectivity index is 2.04. The topological polar surface area (TPSA) is 64.2 Å². The molecule has 0 fully saturated rings. The number of amides is 1. The zero-order valence-electron chi connectivity index (χ0n) is 13.3. The van der Waals surface area contributed by atoms with Gasteiger partial charge in [-0.05, 0) is 31.9 Å². The molecule has 5 nitrogen and oxygen atoms in total. The molecule has 0 atom stereocenters. The maximum atomic E-state index is 12.6. The maximum absolute atomic E-state index is 12.6. The Bertz CT molecular complexity index is 592. The van der Waals surface area contributed by atoms with Crippen LogP contribution in [0.1, 0.15) is 35.9 Å². The molecule has 0 saturated heterocycles. The van der Waals surface area contributed by atoms with E-state index in [1.807, 2.05) is 38.2 Å². The van der Waals surface area contributed by atoms with Gasteiger partial charge in [-0.3, -0.25) is 9.48 Å². The molecule has 5 heteroatoms. The van der Waals surface area contributed by atoms with Gasteiger partial charge in [0.1, 0.15) is 5.69 Å². The minimum Gasteiger partial charge on any atom is -0.336 e. The van der Waals surface area contributed by atoms with Crippen LogP contribution in [0.4, 0.5) is 0 Å². The molecule has 2 N–H and O–H groups in total. The number of aromatic nitrogens is 2. The molecule has 2 rings (SSSR count). The number of carbonyl (C=O) groups excluding carboxylic acids is 1. The fourth-order valence-electron chi connectivity index (χ4n) is 2.28. The van der Waals surface area contributed by atoms with Crippen molar-refractivity contribution in [2.75, 3.05) is 19.6 Å². The molecule has 1 aromatic carbocycles. The van der Waals surface area contributed by atoms with Gasteiger partial charge in [0, 0.05) is 31.9 Å². The molecule has 0 bridgehead atoms. The third-order valence-corrected chi connectivity index (χ3v) is 3.56. The number of rotatable bonds is 7. The lowest BCUT2D eigenvalue weighted by molar-refractivity contribution is 0.0755. The van der Waals surface area contributed by atoms with Gasteiger partial charge in [-0.15, -0.1) is 0 Å². The van der Waals surface area contributed by atoms with Crippen LogP contribution in [-0.4, -0.2) is 40.2 Å². The van der Waals surface area contributed by atoms with Crippen molar-refractivity contribution >= 4 is 5.91 Å². The number of nitrogens with two attached hydrogens (primary N) is 1. The number of hydrogen-bond acceptors (Lipinski definition) is 3. The quantitative estimate of drug-likeness (QED) is 0.851. The summed E-state index contributed by atoms with van der Waals surface area (Å²) in [6, 6.07) is 12.2. The van der Waals surface area contributed by atoms with Gasteiger partial charge in [-0.1, -0.05) is 30.3 Å². The molecule has 0 aliphatic rings. The molecule has 1 heterocycles. The Kier molecular flexibility index (Phi) is 5.72. The van der Waals surface area contributed by atoms with E-state index in [9.17, 15) is 4.79 Å². The van der Waals surface area contributed by atoms with Crippen LogP contribution in [0.3, 0.4) is 0 Å². The van der Waals surface area contributed by atoms with Crippen LogP contribution >= 0.6 is 0 Å². The van der Waals surface area contributed by atoms with Crippen LogP contribution in [0, 0.1) is 0 Å². The van der Waals surface area contributed by atoms with E-state index >= 15 is 0 Å². The molecule has 22 heavy (non-hydrogen) atoms. The third-order valence-electron chi connectivity index (χ3n) is 3.56. The summed E-state index contributed by atoms with van der Waals surface area (Å²) in [5, 5.41) is 4.35. The summed E-state index contributed by atoms with van der Waals surface area (Å²) in [4.78, 5) is 14.4. The highest BCUT2D eigenvalue weighted by Crippen LogP contribution is 2.08. The lowest BCUT2D eigenvalue weighted by Crippen LogP contribution is -2.37. The molecule has 0 unspecified atom stereocenters. The van der Waals surface area contributed by atoms with Crippen LogP contribution in [0.15, 0.2) is 42.6 Å². The van der Waals surface area contributed by atoms with Crippen LogP contribution in [0.5, 0.6) is 0 Å². The van der Waals surface area contributed by atoms with Crippen LogP contribution in [0.2, 0.25) is 0 Å². The Hall–Kier alpha value is -2.14. The van der Waals surface area contributed by atoms with Gasteiger partial charge in [-0.2, -0.15) is 5.10 Å². The van der Waals surface area contributed by atoms with Crippen molar-refractivity contribution < 1.29 is 4.79 Å². The van der Waals surface area contributed by atoms with Crippen molar-refractivity contribution in [3.63, 3.8) is 0 Å². The first kappa shape index (κ1) is 16.2. The van der Waals surface area contributed by atoms with E-state index in [2.05, 4.69) is 17.2 Å². The van der Waals surface area contributed by atoms with Gasteiger partial charge in [-0.25, -0.2) is 0 Å². The summed E-state index contributed by atoms with van der Waals surface area (Å²) in [5.74, 6) is -0.0548. The first-order chi connectivity index (χ1) is 10.6. The fourth-order valence-corrected chi connectivity index (χ4v) is 2.28. The zero-order chi connectivity index (χ0) is 15.9. The van der Waals surface area contributed by atoms with Crippen molar-refractivity contribution in [2.24, 2.45) is 5.73 Å². The molecule has 0 spiro atoms. The first-order valence-corrected chi connectivity index (χ1v) is 7.70. The Morgan fingerprint density at radius 1 is 1.23 bits per heavy atom. The Morgan fingerprint density at radius 3 is 2.55 bits per heavy atom. The van der Waals surface area contributed by atoms with E-state index in [-0.39, 0.29) is 11.9 Å². The molecule has 1 aromatic heterocycles. The molecular formula is C17H24N4O. The summed E-state index contributed by atoms with van der Waals surface area (Å²) in [6.07, 6.45) is 2.66. The van der Waals surface area contributed by atoms with Crippen molar-refractivity contribution in [3.8, 4) is 0 Å². The minimum atomic E-state index is -0.0548. The van der Waals surface area contributed by atoms with Crippen LogP contribution in [-0.2, 0) is 6.42 Å². The highest BCUT2D eigenvalue weighted by atomic mass is 16.2. The molecular weight excluding hydrogens is 276 g/mol. The van der Waals surface area contributed by atoms with Crippen molar-refractivity contribution in [1.29, 1.82) is 0 Å². The number of benzene rings is 1. The second-order valence-electron chi connectivity index (χ2n) is 5.59. The van der Waals surface area contributed by atoms with E-state index < -0.39 is 0 Å². The summed E-state index contributed by atoms with van der Waals surface area (Å²) in [7, 11) is 0. The summed E-state index contributed by atoms with van der Waals surface area (Å²) in [6.45, 7) is 5.71. The van der Waals surface area contributed by atoms with Gasteiger partial charge in [0.15, 0.2) is 0 Å².